The lowest BCUT2D eigenvalue weighted by molar-refractivity contribution is 0.0756. The molecule has 8 aromatic rings. The smallest absolute Gasteiger partial charge is 0.258 e. The normalized spacial score (nSPS) is 13.6. The van der Waals surface area contributed by atoms with Gasteiger partial charge in [0, 0.05) is 83.7 Å². The Morgan fingerprint density at radius 1 is 0.490 bits per heavy atom. The standard InChI is InChI=1S/C38H48FN3O8S2Si.C37H46FN3O6SSi/c1-23(2)53(24(3)4,25(5)6)50-37-34-32(22-41(38(34)43)21-28-13-16-30(48-7)19-33(28)49-8)36(42(51(9,44)45)52(10,46)47)31-18-27(20-40-35(31)37)17-26-11-14-29(39)15-12-26;1-22(2)49(23(3)4,24(5)6)47-36-33-31(21-41(37(33)42)20-27-12-15-29(45-7)18-32(27)46-8)34(40-48(9,43)44)30-17-26(19-39-35(30)36)16-25-10-13-28(38)14-11-25/h11-16,18-20,23-25H,17,21-22H2,1-10H3;10-15,17-19,22-24,40H,16,20-21H2,1-9H3. The van der Waals surface area contributed by atoms with Crippen LogP contribution in [0.1, 0.15) is 148 Å². The average Bonchev–Trinajstić information content (AvgIpc) is 1.42. The number of amides is 2. The largest absolute Gasteiger partial charge is 0.541 e. The van der Waals surface area contributed by atoms with E-state index in [1.54, 1.807) is 86.1 Å². The predicted molar refractivity (Wildman–Crippen MR) is 402 cm³/mol. The Labute approximate surface area is 601 Å². The van der Waals surface area contributed by atoms with Crippen molar-refractivity contribution in [1.29, 1.82) is 0 Å². The summed E-state index contributed by atoms with van der Waals surface area (Å²) in [5, 5.41) is 0.736. The molecule has 2 amide bonds. The molecule has 0 aliphatic carbocycles. The molecular formula is C75H94F2N6O14S3Si2. The summed E-state index contributed by atoms with van der Waals surface area (Å²) in [6.45, 7) is 25.9. The van der Waals surface area contributed by atoms with Gasteiger partial charge >= 0.3 is 0 Å². The first kappa shape index (κ1) is 77.8. The van der Waals surface area contributed by atoms with E-state index in [1.807, 2.05) is 18.2 Å². The van der Waals surface area contributed by atoms with Crippen molar-refractivity contribution < 1.29 is 71.4 Å². The Bertz CT molecular complexity index is 4780. The Kier molecular flexibility index (Phi) is 23.3. The molecule has 27 heteroatoms. The summed E-state index contributed by atoms with van der Waals surface area (Å²) in [4.78, 5) is 42.3. The second-order valence-corrected chi connectivity index (χ2v) is 44.7. The van der Waals surface area contributed by atoms with Crippen LogP contribution >= 0.6 is 0 Å². The molecule has 2 aliphatic rings. The molecule has 2 aromatic heterocycles. The number of fused-ring (bicyclic) bond motifs is 4. The third-order valence-electron chi connectivity index (χ3n) is 19.6. The number of pyridine rings is 2. The van der Waals surface area contributed by atoms with Gasteiger partial charge in [0.15, 0.2) is 0 Å². The number of methoxy groups -OCH3 is 4. The molecule has 0 saturated carbocycles. The van der Waals surface area contributed by atoms with E-state index in [4.69, 9.17) is 37.8 Å². The number of anilines is 2. The topological polar surface area (TPSA) is 239 Å². The van der Waals surface area contributed by atoms with Crippen LogP contribution in [0, 0.1) is 11.6 Å². The number of aromatic nitrogens is 2. The second-order valence-electron chi connectivity index (χ2n) is 28.3. The number of sulfonamides is 3. The first-order valence-corrected chi connectivity index (χ1v) is 43.7. The van der Waals surface area contributed by atoms with Crippen molar-refractivity contribution in [2.45, 2.75) is 155 Å². The van der Waals surface area contributed by atoms with Crippen LogP contribution in [0.5, 0.6) is 34.5 Å². The lowest BCUT2D eigenvalue weighted by atomic mass is 9.99. The molecule has 4 heterocycles. The molecule has 0 spiro atoms. The van der Waals surface area contributed by atoms with E-state index in [2.05, 4.69) is 87.8 Å². The number of nitrogens with zero attached hydrogens (tertiary/aromatic N) is 5. The molecule has 20 nitrogen and oxygen atoms in total. The summed E-state index contributed by atoms with van der Waals surface area (Å²) < 4.78 is 147. The maximum Gasteiger partial charge on any atom is 0.258 e. The molecule has 102 heavy (non-hydrogen) atoms. The van der Waals surface area contributed by atoms with E-state index in [9.17, 15) is 43.6 Å². The molecule has 1 N–H and O–H groups in total. The fourth-order valence-electron chi connectivity index (χ4n) is 15.3. The number of nitrogens with one attached hydrogen (secondary N) is 1. The number of carbonyl (C=O) groups excluding carboxylic acids is 2. The van der Waals surface area contributed by atoms with E-state index in [1.165, 1.54) is 43.4 Å². The van der Waals surface area contributed by atoms with Gasteiger partial charge in [-0.3, -0.25) is 24.3 Å². The first-order valence-electron chi connectivity index (χ1n) is 33.8. The Balaban J connectivity index is 0.000000238. The minimum absolute atomic E-state index is 0.0536. The van der Waals surface area contributed by atoms with Crippen LogP contribution in [-0.2, 0) is 69.1 Å². The fraction of sp³-hybridized carbons (Fsp3) is 0.413. The minimum Gasteiger partial charge on any atom is -0.541 e. The van der Waals surface area contributed by atoms with Crippen molar-refractivity contribution in [3.8, 4) is 34.5 Å². The minimum atomic E-state index is -4.49. The van der Waals surface area contributed by atoms with Gasteiger partial charge in [0.05, 0.1) is 69.7 Å². The highest BCUT2D eigenvalue weighted by atomic mass is 32.3. The number of benzene rings is 6. The molecule has 2 aliphatic heterocycles. The molecule has 0 radical (unpaired) electrons. The van der Waals surface area contributed by atoms with Gasteiger partial charge in [0.2, 0.25) is 30.1 Å². The number of hydrogen-bond donors (Lipinski definition) is 1. The zero-order valence-corrected chi connectivity index (χ0v) is 66.0. The zero-order valence-electron chi connectivity index (χ0n) is 61.5. The summed E-state index contributed by atoms with van der Waals surface area (Å²) in [5.41, 5.74) is 7.17. The van der Waals surface area contributed by atoms with Crippen molar-refractivity contribution in [2.75, 3.05) is 55.6 Å². The Morgan fingerprint density at radius 3 is 1.21 bits per heavy atom. The molecule has 0 unspecified atom stereocenters. The maximum absolute atomic E-state index is 14.8. The molecular weight excluding hydrogens is 1400 g/mol. The van der Waals surface area contributed by atoms with Crippen molar-refractivity contribution in [1.82, 2.24) is 19.8 Å². The van der Waals surface area contributed by atoms with Gasteiger partial charge < -0.3 is 37.6 Å². The Hall–Kier alpha value is -8.38. The van der Waals surface area contributed by atoms with Crippen molar-refractivity contribution in [3.63, 3.8) is 0 Å². The predicted octanol–water partition coefficient (Wildman–Crippen LogP) is 15.5. The van der Waals surface area contributed by atoms with E-state index < -0.39 is 58.4 Å². The van der Waals surface area contributed by atoms with Crippen LogP contribution in [0.4, 0.5) is 20.2 Å². The maximum atomic E-state index is 14.8. The molecule has 548 valence electrons. The quantitative estimate of drug-likeness (QED) is 0.0471. The van der Waals surface area contributed by atoms with Gasteiger partial charge in [-0.05, 0) is 129 Å². The van der Waals surface area contributed by atoms with E-state index >= 15 is 0 Å². The Morgan fingerprint density at radius 2 is 0.853 bits per heavy atom. The second kappa shape index (κ2) is 30.5. The molecule has 0 atom stereocenters. The number of halogens is 2. The van der Waals surface area contributed by atoms with Crippen molar-refractivity contribution in [3.05, 3.63) is 177 Å². The average molecular weight is 1490 g/mol. The van der Waals surface area contributed by atoms with Gasteiger partial charge in [-0.15, -0.1) is 0 Å². The van der Waals surface area contributed by atoms with Crippen LogP contribution in [0.3, 0.4) is 0 Å². The molecule has 0 saturated heterocycles. The highest BCUT2D eigenvalue weighted by Gasteiger charge is 2.52. The van der Waals surface area contributed by atoms with Crippen LogP contribution in [0.25, 0.3) is 21.8 Å². The highest BCUT2D eigenvalue weighted by Crippen LogP contribution is 2.53. The van der Waals surface area contributed by atoms with Crippen LogP contribution in [0.2, 0.25) is 33.2 Å². The van der Waals surface area contributed by atoms with Gasteiger partial charge in [-0.25, -0.2) is 34.0 Å². The number of hydrogen-bond acceptors (Lipinski definition) is 16. The highest BCUT2D eigenvalue weighted by molar-refractivity contribution is 8.09. The molecule has 0 fully saturated rings. The molecule has 6 aromatic carbocycles. The summed E-state index contributed by atoms with van der Waals surface area (Å²) in [7, 11) is -12.0. The summed E-state index contributed by atoms with van der Waals surface area (Å²) in [5.74, 6) is 1.37. The summed E-state index contributed by atoms with van der Waals surface area (Å²) in [6, 6.07) is 26.4. The third kappa shape index (κ3) is 15.7. The molecule has 0 bridgehead atoms. The van der Waals surface area contributed by atoms with Crippen LogP contribution < -0.4 is 36.2 Å². The van der Waals surface area contributed by atoms with Gasteiger partial charge in [0.25, 0.3) is 28.4 Å². The number of rotatable bonds is 27. The lowest BCUT2D eigenvalue weighted by Crippen LogP contribution is -2.51. The zero-order chi connectivity index (χ0) is 75.0. The SMILES string of the molecule is COc1ccc(CN2Cc3c(c(O[Si](C(C)C)(C(C)C)C(C)C)c4ncc(Cc5ccc(F)cc5)cc4c3N(S(C)(=O)=O)S(C)(=O)=O)C2=O)c(OC)c1.COc1ccc(CN2Cc3c(c(O[Si](C(C)C)(C(C)C)C(C)C)c4ncc(Cc5ccc(F)cc5)cc4c3NS(C)(=O)=O)C2=O)c(OC)c1. The summed E-state index contributed by atoms with van der Waals surface area (Å²) >= 11 is 0. The van der Waals surface area contributed by atoms with Gasteiger partial charge in [-0.1, -0.05) is 107 Å². The van der Waals surface area contributed by atoms with Crippen molar-refractivity contribution in [2.24, 2.45) is 0 Å². The first-order chi connectivity index (χ1) is 47.8. The van der Waals surface area contributed by atoms with Crippen LogP contribution in [0.15, 0.2) is 109 Å². The van der Waals surface area contributed by atoms with E-state index in [0.717, 1.165) is 41.0 Å². The number of carbonyl (C=O) groups is 2. The third-order valence-corrected chi connectivity index (χ3v) is 35.3. The van der Waals surface area contributed by atoms with E-state index in [0.29, 0.717) is 84.1 Å². The fourth-order valence-corrected chi connectivity index (χ4v) is 29.5. The number of ether oxygens (including phenoxy) is 4. The summed E-state index contributed by atoms with van der Waals surface area (Å²) in [6.07, 6.45) is 6.78. The monoisotopic (exact) mass is 1490 g/mol. The van der Waals surface area contributed by atoms with E-state index in [-0.39, 0.29) is 105 Å². The molecule has 10 rings (SSSR count). The van der Waals surface area contributed by atoms with Gasteiger partial charge in [-0.2, -0.15) is 3.71 Å². The van der Waals surface area contributed by atoms with Gasteiger partial charge in [0.1, 0.15) is 57.2 Å². The van der Waals surface area contributed by atoms with Crippen LogP contribution in [-0.4, -0.2) is 121 Å². The lowest BCUT2D eigenvalue weighted by Gasteiger charge is -2.42. The van der Waals surface area contributed by atoms with Crippen molar-refractivity contribution >= 4 is 91.7 Å².